The van der Waals surface area contributed by atoms with Crippen LogP contribution in [0.15, 0.2) is 0 Å². The quantitative estimate of drug-likeness (QED) is 0.715. The molecule has 0 unspecified atom stereocenters. The maximum absolute atomic E-state index is 12.1. The zero-order valence-electron chi connectivity index (χ0n) is 15.9. The number of ketones is 1. The first-order chi connectivity index (χ1) is 11.7. The smallest absolute Gasteiger partial charge is 0.220 e. The Labute approximate surface area is 149 Å². The van der Waals surface area contributed by atoms with Crippen molar-refractivity contribution in [1.82, 2.24) is 5.32 Å². The maximum Gasteiger partial charge on any atom is 0.220 e. The highest BCUT2D eigenvalue weighted by molar-refractivity contribution is 5.84. The van der Waals surface area contributed by atoms with Gasteiger partial charge in [-0.1, -0.05) is 6.92 Å². The van der Waals surface area contributed by atoms with E-state index in [1.54, 1.807) is 6.92 Å². The zero-order valence-corrected chi connectivity index (χ0v) is 15.9. The van der Waals surface area contributed by atoms with Crippen LogP contribution in [0.3, 0.4) is 0 Å². The molecule has 0 aliphatic carbocycles. The summed E-state index contributed by atoms with van der Waals surface area (Å²) in [5.41, 5.74) is 0. The van der Waals surface area contributed by atoms with Gasteiger partial charge >= 0.3 is 0 Å². The summed E-state index contributed by atoms with van der Waals surface area (Å²) in [6.45, 7) is 10.0. The molecule has 7 nitrogen and oxygen atoms in total. The van der Waals surface area contributed by atoms with E-state index in [1.165, 1.54) is 0 Å². The Morgan fingerprint density at radius 2 is 2.00 bits per heavy atom. The van der Waals surface area contributed by atoms with Gasteiger partial charge in [-0.25, -0.2) is 0 Å². The SMILES string of the molecule is CCC(=O)CCC(=O)NC[C@@]12OCC[C@@H](OC(C)C)[C@@H]1OC(C)(C)O2. The first kappa shape index (κ1) is 20.3. The van der Waals surface area contributed by atoms with Gasteiger partial charge in [-0.2, -0.15) is 0 Å². The number of fused-ring (bicyclic) bond motifs is 1. The van der Waals surface area contributed by atoms with Crippen LogP contribution in [0, 0.1) is 0 Å². The minimum Gasteiger partial charge on any atom is -0.373 e. The van der Waals surface area contributed by atoms with Crippen molar-refractivity contribution in [2.75, 3.05) is 13.2 Å². The van der Waals surface area contributed by atoms with Gasteiger partial charge in [-0.15, -0.1) is 0 Å². The zero-order chi connectivity index (χ0) is 18.7. The Balaban J connectivity index is 2.01. The molecule has 2 fully saturated rings. The molecule has 0 saturated carbocycles. The van der Waals surface area contributed by atoms with E-state index < -0.39 is 17.7 Å². The lowest BCUT2D eigenvalue weighted by molar-refractivity contribution is -0.275. The molecule has 3 atom stereocenters. The van der Waals surface area contributed by atoms with Crippen LogP contribution >= 0.6 is 0 Å². The first-order valence-electron chi connectivity index (χ1n) is 9.13. The highest BCUT2D eigenvalue weighted by Gasteiger charge is 2.59. The summed E-state index contributed by atoms with van der Waals surface area (Å²) in [6.07, 6.45) is 1.06. The second kappa shape index (κ2) is 8.12. The topological polar surface area (TPSA) is 83.1 Å². The van der Waals surface area contributed by atoms with E-state index in [1.807, 2.05) is 27.7 Å². The number of nitrogens with one attached hydrogen (secondary N) is 1. The number of ether oxygens (including phenoxy) is 4. The second-order valence-corrected chi connectivity index (χ2v) is 7.38. The fourth-order valence-corrected chi connectivity index (χ4v) is 3.28. The number of hydrogen-bond acceptors (Lipinski definition) is 6. The van der Waals surface area contributed by atoms with Crippen LogP contribution in [-0.4, -0.2) is 54.7 Å². The molecule has 0 radical (unpaired) electrons. The highest BCUT2D eigenvalue weighted by Crippen LogP contribution is 2.43. The van der Waals surface area contributed by atoms with E-state index in [9.17, 15) is 9.59 Å². The fourth-order valence-electron chi connectivity index (χ4n) is 3.28. The summed E-state index contributed by atoms with van der Waals surface area (Å²) < 4.78 is 24.0. The van der Waals surface area contributed by atoms with Gasteiger partial charge in [-0.3, -0.25) is 9.59 Å². The van der Waals surface area contributed by atoms with Crippen molar-refractivity contribution >= 4 is 11.7 Å². The number of carbonyl (C=O) groups excluding carboxylic acids is 2. The summed E-state index contributed by atoms with van der Waals surface area (Å²) in [6, 6.07) is 0. The summed E-state index contributed by atoms with van der Waals surface area (Å²) in [4.78, 5) is 23.4. The molecule has 144 valence electrons. The van der Waals surface area contributed by atoms with Crippen molar-refractivity contribution in [2.45, 2.75) is 90.2 Å². The summed E-state index contributed by atoms with van der Waals surface area (Å²) in [5, 5.41) is 2.83. The second-order valence-electron chi connectivity index (χ2n) is 7.38. The molecular formula is C18H31NO6. The lowest BCUT2D eigenvalue weighted by Gasteiger charge is -2.41. The average molecular weight is 357 g/mol. The third kappa shape index (κ3) is 5.23. The monoisotopic (exact) mass is 357 g/mol. The third-order valence-corrected chi connectivity index (χ3v) is 4.35. The van der Waals surface area contributed by atoms with Gasteiger partial charge in [0.1, 0.15) is 11.9 Å². The average Bonchev–Trinajstić information content (AvgIpc) is 2.82. The summed E-state index contributed by atoms with van der Waals surface area (Å²) in [7, 11) is 0. The molecule has 0 bridgehead atoms. The van der Waals surface area contributed by atoms with Gasteiger partial charge in [0.05, 0.1) is 25.4 Å². The minimum absolute atomic E-state index is 0.0581. The summed E-state index contributed by atoms with van der Waals surface area (Å²) in [5.74, 6) is -2.01. The van der Waals surface area contributed by atoms with Gasteiger partial charge in [0.15, 0.2) is 5.79 Å². The molecule has 2 heterocycles. The number of Topliss-reactive ketones (excluding diaryl/α,β-unsaturated/α-hetero) is 1. The van der Waals surface area contributed by atoms with Crippen LogP contribution in [0.1, 0.15) is 60.3 Å². The van der Waals surface area contributed by atoms with Crippen LogP contribution < -0.4 is 5.32 Å². The van der Waals surface area contributed by atoms with Gasteiger partial charge < -0.3 is 24.3 Å². The lowest BCUT2D eigenvalue weighted by atomic mass is 9.98. The molecule has 2 saturated heterocycles. The van der Waals surface area contributed by atoms with Crippen molar-refractivity contribution < 1.29 is 28.5 Å². The fraction of sp³-hybridized carbons (Fsp3) is 0.889. The minimum atomic E-state index is -1.06. The predicted octanol–water partition coefficient (Wildman–Crippen LogP) is 1.92. The summed E-state index contributed by atoms with van der Waals surface area (Å²) >= 11 is 0. The van der Waals surface area contributed by atoms with Crippen molar-refractivity contribution in [3.05, 3.63) is 0 Å². The molecule has 25 heavy (non-hydrogen) atoms. The number of amides is 1. The van der Waals surface area contributed by atoms with E-state index >= 15 is 0 Å². The number of carbonyl (C=O) groups is 2. The maximum atomic E-state index is 12.1. The molecule has 1 N–H and O–H groups in total. The van der Waals surface area contributed by atoms with Crippen LogP contribution in [0.4, 0.5) is 0 Å². The molecule has 7 heteroatoms. The largest absolute Gasteiger partial charge is 0.373 e. The van der Waals surface area contributed by atoms with E-state index in [0.29, 0.717) is 19.4 Å². The van der Waals surface area contributed by atoms with Crippen molar-refractivity contribution in [3.8, 4) is 0 Å². The van der Waals surface area contributed by atoms with E-state index in [4.69, 9.17) is 18.9 Å². The normalized spacial score (nSPS) is 31.0. The number of hydrogen-bond donors (Lipinski definition) is 1. The van der Waals surface area contributed by atoms with Crippen LogP contribution in [0.2, 0.25) is 0 Å². The molecule has 0 aromatic heterocycles. The predicted molar refractivity (Wildman–Crippen MR) is 90.9 cm³/mol. The van der Waals surface area contributed by atoms with Gasteiger partial charge in [0.2, 0.25) is 11.7 Å². The highest BCUT2D eigenvalue weighted by atomic mass is 16.8. The first-order valence-corrected chi connectivity index (χ1v) is 9.13. The van der Waals surface area contributed by atoms with Crippen molar-refractivity contribution in [2.24, 2.45) is 0 Å². The lowest BCUT2D eigenvalue weighted by Crippen LogP contribution is -2.59. The van der Waals surface area contributed by atoms with Gasteiger partial charge in [0.25, 0.3) is 0 Å². The molecule has 0 aromatic rings. The van der Waals surface area contributed by atoms with Gasteiger partial charge in [0, 0.05) is 19.3 Å². The molecule has 2 aliphatic rings. The van der Waals surface area contributed by atoms with Crippen LogP contribution in [-0.2, 0) is 28.5 Å². The Hall–Kier alpha value is -1.02. The Morgan fingerprint density at radius 1 is 1.28 bits per heavy atom. The van der Waals surface area contributed by atoms with Crippen LogP contribution in [0.25, 0.3) is 0 Å². The van der Waals surface area contributed by atoms with Crippen LogP contribution in [0.5, 0.6) is 0 Å². The van der Waals surface area contributed by atoms with E-state index in [2.05, 4.69) is 5.32 Å². The molecule has 1 amide bonds. The van der Waals surface area contributed by atoms with Gasteiger partial charge in [-0.05, 0) is 34.1 Å². The Morgan fingerprint density at radius 3 is 2.64 bits per heavy atom. The molecule has 0 spiro atoms. The Kier molecular flexibility index (Phi) is 6.59. The molecule has 0 aromatic carbocycles. The molecular weight excluding hydrogens is 326 g/mol. The standard InChI is InChI=1S/C18H31NO6/c1-6-13(20)7-8-15(21)19-11-18-16(24-17(4,5)25-18)14(9-10-22-18)23-12(2)3/h12,14,16H,6-11H2,1-5H3,(H,19,21)/t14-,16+,18+/m1/s1. The van der Waals surface area contributed by atoms with E-state index in [0.717, 1.165) is 0 Å². The third-order valence-electron chi connectivity index (χ3n) is 4.35. The Bertz CT molecular complexity index is 492. The van der Waals surface area contributed by atoms with E-state index in [-0.39, 0.29) is 43.3 Å². The number of rotatable bonds is 8. The van der Waals surface area contributed by atoms with Crippen molar-refractivity contribution in [3.63, 3.8) is 0 Å². The van der Waals surface area contributed by atoms with Crippen molar-refractivity contribution in [1.29, 1.82) is 0 Å². The molecule has 2 aliphatic heterocycles. The molecule has 2 rings (SSSR count).